The highest BCUT2D eigenvalue weighted by atomic mass is 32.2. The van der Waals surface area contributed by atoms with Crippen LogP contribution in [0.25, 0.3) is 22.0 Å². The Morgan fingerprint density at radius 1 is 0.971 bits per heavy atom. The lowest BCUT2D eigenvalue weighted by molar-refractivity contribution is -0.170. The van der Waals surface area contributed by atoms with E-state index in [-0.39, 0.29) is 12.5 Å². The van der Waals surface area contributed by atoms with Gasteiger partial charge in [-0.1, -0.05) is 30.3 Å². The summed E-state index contributed by atoms with van der Waals surface area (Å²) < 4.78 is 34.2. The predicted octanol–water partition coefficient (Wildman–Crippen LogP) is 3.45. The number of piperidine rings is 1. The minimum absolute atomic E-state index is 0.0601. The van der Waals surface area contributed by atoms with Crippen molar-refractivity contribution in [2.45, 2.75) is 42.2 Å². The van der Waals surface area contributed by atoms with E-state index in [0.717, 1.165) is 34.9 Å². The van der Waals surface area contributed by atoms with Gasteiger partial charge in [0.15, 0.2) is 0 Å². The van der Waals surface area contributed by atoms with Gasteiger partial charge < -0.3 is 9.64 Å². The van der Waals surface area contributed by atoms with Crippen LogP contribution >= 0.6 is 0 Å². The maximum atomic E-state index is 13.3. The molecule has 8 heteroatoms. The SMILES string of the molecule is O=C1COC2(CCN(S(=O)(=O)c3ccc(-c4cnc5ccccc5c4)cc3)CC2)CN1C1CC1. The molecule has 1 saturated carbocycles. The van der Waals surface area contributed by atoms with Gasteiger partial charge in [0.05, 0.1) is 22.6 Å². The third-order valence-corrected chi connectivity index (χ3v) is 9.23. The van der Waals surface area contributed by atoms with Crippen molar-refractivity contribution in [2.75, 3.05) is 26.2 Å². The highest BCUT2D eigenvalue weighted by Crippen LogP contribution is 2.37. The van der Waals surface area contributed by atoms with Crippen LogP contribution in [0.1, 0.15) is 25.7 Å². The Balaban J connectivity index is 1.16. The largest absolute Gasteiger partial charge is 0.363 e. The van der Waals surface area contributed by atoms with Crippen LogP contribution in [0.4, 0.5) is 0 Å². The molecule has 7 nitrogen and oxygen atoms in total. The van der Waals surface area contributed by atoms with Gasteiger partial charge in [-0.15, -0.1) is 0 Å². The molecule has 2 aromatic carbocycles. The van der Waals surface area contributed by atoms with Crippen LogP contribution in [0.15, 0.2) is 65.7 Å². The van der Waals surface area contributed by atoms with Crippen molar-refractivity contribution >= 4 is 26.8 Å². The summed E-state index contributed by atoms with van der Waals surface area (Å²) >= 11 is 0. The summed E-state index contributed by atoms with van der Waals surface area (Å²) in [6, 6.07) is 17.4. The molecule has 3 fully saturated rings. The fraction of sp³-hybridized carbons (Fsp3) is 0.385. The number of pyridine rings is 1. The summed E-state index contributed by atoms with van der Waals surface area (Å²) in [6.07, 6.45) is 5.14. The van der Waals surface area contributed by atoms with Gasteiger partial charge in [0, 0.05) is 36.3 Å². The molecule has 2 aliphatic heterocycles. The van der Waals surface area contributed by atoms with Crippen molar-refractivity contribution in [2.24, 2.45) is 0 Å². The molecule has 3 heterocycles. The summed E-state index contributed by atoms with van der Waals surface area (Å²) in [4.78, 5) is 18.9. The summed E-state index contributed by atoms with van der Waals surface area (Å²) in [6.45, 7) is 1.48. The molecule has 0 N–H and O–H groups in total. The number of carbonyl (C=O) groups excluding carboxylic acids is 1. The van der Waals surface area contributed by atoms with Gasteiger partial charge in [-0.2, -0.15) is 4.31 Å². The molecule has 176 valence electrons. The summed E-state index contributed by atoms with van der Waals surface area (Å²) in [5.74, 6) is 0.0601. The van der Waals surface area contributed by atoms with E-state index in [2.05, 4.69) is 11.1 Å². The highest BCUT2D eigenvalue weighted by molar-refractivity contribution is 7.89. The van der Waals surface area contributed by atoms with Gasteiger partial charge in [0.25, 0.3) is 0 Å². The van der Waals surface area contributed by atoms with Crippen LogP contribution in [-0.2, 0) is 19.6 Å². The Morgan fingerprint density at radius 2 is 1.71 bits per heavy atom. The van der Waals surface area contributed by atoms with Crippen LogP contribution in [0, 0.1) is 0 Å². The van der Waals surface area contributed by atoms with E-state index in [9.17, 15) is 13.2 Å². The van der Waals surface area contributed by atoms with Crippen molar-refractivity contribution in [1.29, 1.82) is 0 Å². The lowest BCUT2D eigenvalue weighted by Gasteiger charge is -2.46. The molecule has 1 aromatic heterocycles. The number of ether oxygens (including phenoxy) is 1. The Bertz CT molecular complexity index is 1340. The molecule has 2 saturated heterocycles. The molecule has 3 aromatic rings. The smallest absolute Gasteiger partial charge is 0.248 e. The molecule has 1 amide bonds. The van der Waals surface area contributed by atoms with Crippen molar-refractivity contribution in [3.8, 4) is 11.1 Å². The first kappa shape index (κ1) is 21.7. The Hall–Kier alpha value is -2.81. The second-order valence-corrected chi connectivity index (χ2v) is 11.5. The number of benzene rings is 2. The maximum absolute atomic E-state index is 13.3. The number of hydrogen-bond acceptors (Lipinski definition) is 5. The number of aromatic nitrogens is 1. The lowest BCUT2D eigenvalue weighted by Crippen LogP contribution is -2.59. The van der Waals surface area contributed by atoms with Gasteiger partial charge in [-0.3, -0.25) is 9.78 Å². The summed E-state index contributed by atoms with van der Waals surface area (Å²) in [5.41, 5.74) is 2.39. The average molecular weight is 478 g/mol. The molecule has 1 aliphatic carbocycles. The third-order valence-electron chi connectivity index (χ3n) is 7.32. The van der Waals surface area contributed by atoms with E-state index in [4.69, 9.17) is 4.74 Å². The number of rotatable bonds is 4. The third kappa shape index (κ3) is 3.89. The van der Waals surface area contributed by atoms with Crippen molar-refractivity contribution < 1.29 is 17.9 Å². The number of morpholine rings is 1. The van der Waals surface area contributed by atoms with Crippen LogP contribution in [-0.4, -0.2) is 66.4 Å². The van der Waals surface area contributed by atoms with Crippen molar-refractivity contribution in [1.82, 2.24) is 14.2 Å². The molecule has 3 aliphatic rings. The molecular weight excluding hydrogens is 450 g/mol. The van der Waals surface area contributed by atoms with Crippen LogP contribution in [0.3, 0.4) is 0 Å². The van der Waals surface area contributed by atoms with E-state index in [1.165, 1.54) is 0 Å². The minimum atomic E-state index is -3.60. The Kier molecular flexibility index (Phi) is 5.20. The van der Waals surface area contributed by atoms with Crippen LogP contribution in [0.2, 0.25) is 0 Å². The molecule has 0 unspecified atom stereocenters. The zero-order chi connectivity index (χ0) is 23.3. The van der Waals surface area contributed by atoms with Gasteiger partial charge in [0.1, 0.15) is 6.61 Å². The van der Waals surface area contributed by atoms with Crippen molar-refractivity contribution in [3.05, 3.63) is 60.8 Å². The Labute approximate surface area is 199 Å². The van der Waals surface area contributed by atoms with Crippen LogP contribution < -0.4 is 0 Å². The molecule has 0 bridgehead atoms. The molecule has 1 spiro atoms. The zero-order valence-electron chi connectivity index (χ0n) is 18.9. The number of hydrogen-bond donors (Lipinski definition) is 0. The topological polar surface area (TPSA) is 79.8 Å². The zero-order valence-corrected chi connectivity index (χ0v) is 19.7. The second kappa shape index (κ2) is 8.15. The predicted molar refractivity (Wildman–Crippen MR) is 129 cm³/mol. The molecular formula is C26H27N3O4S. The van der Waals surface area contributed by atoms with E-state index in [1.54, 1.807) is 16.4 Å². The fourth-order valence-electron chi connectivity index (χ4n) is 5.09. The second-order valence-electron chi connectivity index (χ2n) is 9.57. The van der Waals surface area contributed by atoms with Crippen LogP contribution in [0.5, 0.6) is 0 Å². The Morgan fingerprint density at radius 3 is 2.44 bits per heavy atom. The number of sulfonamides is 1. The number of carbonyl (C=O) groups is 1. The minimum Gasteiger partial charge on any atom is -0.363 e. The standard InChI is InChI=1S/C26H27N3O4S/c30-25-17-33-26(18-29(25)22-7-8-22)11-13-28(14-12-26)34(31,32)23-9-5-19(6-10-23)21-15-20-3-1-2-4-24(20)27-16-21/h1-6,9-10,15-16,22H,7-8,11-14,17-18H2. The first-order chi connectivity index (χ1) is 16.4. The van der Waals surface area contributed by atoms with Crippen molar-refractivity contribution in [3.63, 3.8) is 0 Å². The first-order valence-corrected chi connectivity index (χ1v) is 13.3. The summed E-state index contributed by atoms with van der Waals surface area (Å²) in [7, 11) is -3.60. The average Bonchev–Trinajstić information content (AvgIpc) is 3.71. The number of amides is 1. The monoisotopic (exact) mass is 477 g/mol. The number of nitrogens with zero attached hydrogens (tertiary/aromatic N) is 3. The summed E-state index contributed by atoms with van der Waals surface area (Å²) in [5, 5.41) is 1.05. The van der Waals surface area contributed by atoms with Gasteiger partial charge in [0.2, 0.25) is 15.9 Å². The fourth-order valence-corrected chi connectivity index (χ4v) is 6.54. The van der Waals surface area contributed by atoms with Gasteiger partial charge in [-0.25, -0.2) is 8.42 Å². The molecule has 0 atom stereocenters. The lowest BCUT2D eigenvalue weighted by atomic mass is 9.90. The molecule has 34 heavy (non-hydrogen) atoms. The van der Waals surface area contributed by atoms with E-state index < -0.39 is 15.6 Å². The first-order valence-electron chi connectivity index (χ1n) is 11.8. The normalized spacial score (nSPS) is 21.3. The number of fused-ring (bicyclic) bond motifs is 1. The quantitative estimate of drug-likeness (QED) is 0.575. The number of para-hydroxylation sites is 1. The van der Waals surface area contributed by atoms with Gasteiger partial charge >= 0.3 is 0 Å². The van der Waals surface area contributed by atoms with Gasteiger partial charge in [-0.05, 0) is 55.5 Å². The maximum Gasteiger partial charge on any atom is 0.248 e. The van der Waals surface area contributed by atoms with E-state index >= 15 is 0 Å². The van der Waals surface area contributed by atoms with E-state index in [1.807, 2.05) is 47.5 Å². The molecule has 0 radical (unpaired) electrons. The molecule has 6 rings (SSSR count). The highest BCUT2D eigenvalue weighted by Gasteiger charge is 2.47. The van der Waals surface area contributed by atoms with E-state index in [0.29, 0.717) is 43.4 Å².